The number of rotatable bonds is 3. The van der Waals surface area contributed by atoms with Gasteiger partial charge in [-0.3, -0.25) is 0 Å². The zero-order chi connectivity index (χ0) is 13.3. The molecule has 0 aliphatic heterocycles. The average molecular weight is 270 g/mol. The van der Waals surface area contributed by atoms with Crippen LogP contribution in [0.2, 0.25) is 5.02 Å². The molecule has 0 saturated heterocycles. The number of hydrogen-bond donors (Lipinski definition) is 1. The van der Waals surface area contributed by atoms with E-state index in [1.165, 1.54) is 18.2 Å². The third kappa shape index (κ3) is 2.52. The summed E-state index contributed by atoms with van der Waals surface area (Å²) < 4.78 is 18.1. The molecule has 18 heavy (non-hydrogen) atoms. The highest BCUT2D eigenvalue weighted by molar-refractivity contribution is 6.33. The van der Waals surface area contributed by atoms with Gasteiger partial charge in [0, 0.05) is 11.6 Å². The Bertz CT molecular complexity index is 556. The topological polar surface area (TPSA) is 64.9 Å². The van der Waals surface area contributed by atoms with E-state index in [-0.39, 0.29) is 17.0 Å². The van der Waals surface area contributed by atoms with E-state index >= 15 is 0 Å². The Labute approximate surface area is 109 Å². The number of aromatic nitrogens is 2. The third-order valence-electron chi connectivity index (χ3n) is 2.79. The van der Waals surface area contributed by atoms with Crippen molar-refractivity contribution < 1.29 is 8.91 Å². The van der Waals surface area contributed by atoms with Crippen LogP contribution in [-0.4, -0.2) is 16.2 Å². The predicted molar refractivity (Wildman–Crippen MR) is 66.8 cm³/mol. The predicted octanol–water partition coefficient (Wildman–Crippen LogP) is 2.98. The summed E-state index contributed by atoms with van der Waals surface area (Å²) in [5.74, 6) is 0.324. The smallest absolute Gasteiger partial charge is 0.231 e. The monoisotopic (exact) mass is 269 g/mol. The molecule has 0 aliphatic rings. The van der Waals surface area contributed by atoms with Crippen LogP contribution < -0.4 is 5.73 Å². The molecule has 4 nitrogen and oxygen atoms in total. The van der Waals surface area contributed by atoms with Gasteiger partial charge in [-0.1, -0.05) is 23.7 Å². The van der Waals surface area contributed by atoms with Gasteiger partial charge in [0.25, 0.3) is 0 Å². The van der Waals surface area contributed by atoms with Gasteiger partial charge in [0.15, 0.2) is 0 Å². The summed E-state index contributed by atoms with van der Waals surface area (Å²) in [7, 11) is 0. The van der Waals surface area contributed by atoms with E-state index in [0.29, 0.717) is 17.3 Å². The molecule has 96 valence electrons. The van der Waals surface area contributed by atoms with Crippen LogP contribution in [0.3, 0.4) is 0 Å². The Kier molecular flexibility index (Phi) is 3.63. The van der Waals surface area contributed by atoms with Crippen molar-refractivity contribution in [2.75, 3.05) is 0 Å². The second-order valence-electron chi connectivity index (χ2n) is 4.23. The van der Waals surface area contributed by atoms with Crippen LogP contribution in [0.15, 0.2) is 22.7 Å². The minimum Gasteiger partial charge on any atom is -0.339 e. The molecule has 1 heterocycles. The highest BCUT2D eigenvalue weighted by Gasteiger charge is 2.19. The zero-order valence-corrected chi connectivity index (χ0v) is 10.8. The normalized spacial score (nSPS) is 14.5. The lowest BCUT2D eigenvalue weighted by atomic mass is 10.1. The molecule has 0 fully saturated rings. The fourth-order valence-corrected chi connectivity index (χ4v) is 1.68. The van der Waals surface area contributed by atoms with Gasteiger partial charge in [0.05, 0.1) is 10.9 Å². The summed E-state index contributed by atoms with van der Waals surface area (Å²) in [4.78, 5) is 4.23. The van der Waals surface area contributed by atoms with Crippen molar-refractivity contribution in [3.63, 3.8) is 0 Å². The van der Waals surface area contributed by atoms with Crippen LogP contribution >= 0.6 is 11.6 Å². The molecule has 2 atom stereocenters. The van der Waals surface area contributed by atoms with E-state index in [4.69, 9.17) is 21.9 Å². The van der Waals surface area contributed by atoms with E-state index in [1.54, 1.807) is 0 Å². The van der Waals surface area contributed by atoms with Crippen LogP contribution in [0.25, 0.3) is 11.4 Å². The molecule has 2 aromatic rings. The zero-order valence-electron chi connectivity index (χ0n) is 10.0. The lowest BCUT2D eigenvalue weighted by Gasteiger charge is -2.09. The number of halogens is 2. The van der Waals surface area contributed by atoms with Gasteiger partial charge >= 0.3 is 0 Å². The SMILES string of the molecule is CC(N)C(C)c1nc(-c2ccc(F)cc2Cl)no1. The van der Waals surface area contributed by atoms with E-state index in [1.807, 2.05) is 13.8 Å². The molecule has 2 unspecified atom stereocenters. The number of nitrogens with two attached hydrogens (primary N) is 1. The minimum absolute atomic E-state index is 0.0505. The van der Waals surface area contributed by atoms with E-state index in [9.17, 15) is 4.39 Å². The maximum atomic E-state index is 12.9. The van der Waals surface area contributed by atoms with Crippen molar-refractivity contribution in [3.8, 4) is 11.4 Å². The lowest BCUT2D eigenvalue weighted by molar-refractivity contribution is 0.347. The molecule has 0 saturated carbocycles. The van der Waals surface area contributed by atoms with Gasteiger partial charge < -0.3 is 10.3 Å². The van der Waals surface area contributed by atoms with Crippen LogP contribution in [0.1, 0.15) is 25.7 Å². The van der Waals surface area contributed by atoms with Crippen molar-refractivity contribution in [1.29, 1.82) is 0 Å². The van der Waals surface area contributed by atoms with Crippen LogP contribution in [0.4, 0.5) is 4.39 Å². The standard InChI is InChI=1S/C12H13ClFN3O/c1-6(7(2)15)12-16-11(17-18-12)9-4-3-8(14)5-10(9)13/h3-7H,15H2,1-2H3. The maximum Gasteiger partial charge on any atom is 0.231 e. The second-order valence-corrected chi connectivity index (χ2v) is 4.64. The van der Waals surface area contributed by atoms with Gasteiger partial charge in [-0.2, -0.15) is 4.98 Å². The molecule has 6 heteroatoms. The first-order chi connectivity index (χ1) is 8.49. The average Bonchev–Trinajstić information content (AvgIpc) is 2.77. The first-order valence-corrected chi connectivity index (χ1v) is 5.91. The molecular weight excluding hydrogens is 257 g/mol. The Morgan fingerprint density at radius 1 is 1.39 bits per heavy atom. The number of nitrogens with zero attached hydrogens (tertiary/aromatic N) is 2. The van der Waals surface area contributed by atoms with Crippen molar-refractivity contribution >= 4 is 11.6 Å². The van der Waals surface area contributed by atoms with Gasteiger partial charge in [0.2, 0.25) is 11.7 Å². The molecule has 0 bridgehead atoms. The quantitative estimate of drug-likeness (QED) is 0.930. The van der Waals surface area contributed by atoms with Crippen molar-refractivity contribution in [3.05, 3.63) is 34.9 Å². The first kappa shape index (κ1) is 13.0. The van der Waals surface area contributed by atoms with E-state index < -0.39 is 5.82 Å². The molecule has 2 N–H and O–H groups in total. The van der Waals surface area contributed by atoms with Crippen molar-refractivity contribution in [1.82, 2.24) is 10.1 Å². The second kappa shape index (κ2) is 5.04. The molecular formula is C12H13ClFN3O. The first-order valence-electron chi connectivity index (χ1n) is 5.53. The Morgan fingerprint density at radius 3 is 2.72 bits per heavy atom. The number of benzene rings is 1. The highest BCUT2D eigenvalue weighted by Crippen LogP contribution is 2.27. The largest absolute Gasteiger partial charge is 0.339 e. The van der Waals surface area contributed by atoms with Crippen LogP contribution in [0.5, 0.6) is 0 Å². The summed E-state index contributed by atoms with van der Waals surface area (Å²) in [5, 5.41) is 4.08. The van der Waals surface area contributed by atoms with Gasteiger partial charge in [0.1, 0.15) is 5.82 Å². The fraction of sp³-hybridized carbons (Fsp3) is 0.333. The molecule has 0 radical (unpaired) electrons. The molecule has 1 aromatic carbocycles. The summed E-state index contributed by atoms with van der Waals surface area (Å²) in [6.07, 6.45) is 0. The van der Waals surface area contributed by atoms with E-state index in [0.717, 1.165) is 0 Å². The summed E-state index contributed by atoms with van der Waals surface area (Å²) >= 11 is 5.93. The Hall–Kier alpha value is -1.46. The lowest BCUT2D eigenvalue weighted by Crippen LogP contribution is -2.22. The molecule has 2 rings (SSSR count). The summed E-state index contributed by atoms with van der Waals surface area (Å²) in [5.41, 5.74) is 6.29. The Balaban J connectivity index is 2.35. The van der Waals surface area contributed by atoms with E-state index in [2.05, 4.69) is 10.1 Å². The molecule has 1 aromatic heterocycles. The number of hydrogen-bond acceptors (Lipinski definition) is 4. The van der Waals surface area contributed by atoms with Gasteiger partial charge in [-0.15, -0.1) is 0 Å². The van der Waals surface area contributed by atoms with Gasteiger partial charge in [-0.25, -0.2) is 4.39 Å². The fourth-order valence-electron chi connectivity index (χ4n) is 1.43. The summed E-state index contributed by atoms with van der Waals surface area (Å²) in [6.45, 7) is 3.76. The molecule has 0 amide bonds. The third-order valence-corrected chi connectivity index (χ3v) is 3.10. The minimum atomic E-state index is -0.406. The van der Waals surface area contributed by atoms with Crippen LogP contribution in [-0.2, 0) is 0 Å². The molecule has 0 spiro atoms. The summed E-state index contributed by atoms with van der Waals surface area (Å²) in [6, 6.07) is 3.93. The highest BCUT2D eigenvalue weighted by atomic mass is 35.5. The van der Waals surface area contributed by atoms with Crippen LogP contribution in [0, 0.1) is 5.82 Å². The maximum absolute atomic E-state index is 12.9. The van der Waals surface area contributed by atoms with Crippen molar-refractivity contribution in [2.24, 2.45) is 5.73 Å². The van der Waals surface area contributed by atoms with Crippen molar-refractivity contribution in [2.45, 2.75) is 25.8 Å². The Morgan fingerprint density at radius 2 is 2.11 bits per heavy atom. The van der Waals surface area contributed by atoms with Gasteiger partial charge in [-0.05, 0) is 25.1 Å². The molecule has 0 aliphatic carbocycles.